The number of ketones is 1. The minimum atomic E-state index is -4.68. The first kappa shape index (κ1) is 30.2. The molecule has 0 spiro atoms. The Hall–Kier alpha value is -4.22. The van der Waals surface area contributed by atoms with Crippen molar-refractivity contribution in [2.24, 2.45) is 11.1 Å². The maximum atomic E-state index is 14.2. The number of allylic oxidation sites excluding steroid dienone is 3. The molecule has 3 aromatic carbocycles. The third kappa shape index (κ3) is 5.74. The Kier molecular flexibility index (Phi) is 7.82. The van der Waals surface area contributed by atoms with E-state index in [1.54, 1.807) is 24.3 Å². The van der Waals surface area contributed by atoms with Crippen molar-refractivity contribution >= 4 is 23.1 Å². The van der Waals surface area contributed by atoms with E-state index in [0.29, 0.717) is 34.0 Å². The van der Waals surface area contributed by atoms with Gasteiger partial charge in [-0.05, 0) is 84.3 Å². The van der Waals surface area contributed by atoms with E-state index < -0.39 is 23.1 Å². The molecule has 1 aliphatic heterocycles. The zero-order valence-electron chi connectivity index (χ0n) is 24.3. The maximum absolute atomic E-state index is 14.2. The molecule has 3 aromatic rings. The lowest BCUT2D eigenvalue weighted by Gasteiger charge is -2.44. The number of Topliss-reactive ketones (excluding diaryl/α,β-unsaturated/α-hetero) is 1. The first-order valence-corrected chi connectivity index (χ1v) is 14.2. The van der Waals surface area contributed by atoms with Crippen LogP contribution >= 0.6 is 11.6 Å². The average molecular weight is 606 g/mol. The second kappa shape index (κ2) is 11.1. The molecule has 1 aliphatic carbocycles. The topological polar surface area (TPSA) is 79.4 Å². The summed E-state index contributed by atoms with van der Waals surface area (Å²) in [7, 11) is 0. The Morgan fingerprint density at radius 3 is 2.40 bits per heavy atom. The molecule has 9 heteroatoms. The number of ether oxygens (including phenoxy) is 1. The molecule has 1 unspecified atom stereocenters. The van der Waals surface area contributed by atoms with Gasteiger partial charge in [0.15, 0.2) is 5.78 Å². The highest BCUT2D eigenvalue weighted by atomic mass is 35.5. The van der Waals surface area contributed by atoms with Crippen molar-refractivity contribution < 1.29 is 22.7 Å². The van der Waals surface area contributed by atoms with Crippen molar-refractivity contribution in [1.29, 1.82) is 5.26 Å². The van der Waals surface area contributed by atoms with E-state index in [-0.39, 0.29) is 35.9 Å². The average Bonchev–Trinajstić information content (AvgIpc) is 2.92. The monoisotopic (exact) mass is 605 g/mol. The standard InChI is InChI=1S/C34H31ClF3N3O2/c1-19-13-20(2)24(14-21(19)18-43-23-11-9-22(35)10-12-23)30-25(17-39)32(40)41(27-8-6-5-7-26(27)34(36,37)38)28-15-33(3,4)16-29(42)31(28)30/h5-14,30H,15-16,18,40H2,1-4H3. The van der Waals surface area contributed by atoms with Gasteiger partial charge < -0.3 is 10.5 Å². The van der Waals surface area contributed by atoms with E-state index in [9.17, 15) is 23.2 Å². The Balaban J connectivity index is 1.70. The van der Waals surface area contributed by atoms with Crippen LogP contribution in [0, 0.1) is 30.6 Å². The highest BCUT2D eigenvalue weighted by molar-refractivity contribution is 6.30. The highest BCUT2D eigenvalue weighted by Crippen LogP contribution is 2.52. The van der Waals surface area contributed by atoms with Crippen LogP contribution in [0.3, 0.4) is 0 Å². The van der Waals surface area contributed by atoms with E-state index in [4.69, 9.17) is 22.1 Å². The predicted octanol–water partition coefficient (Wildman–Crippen LogP) is 8.50. The van der Waals surface area contributed by atoms with Gasteiger partial charge in [-0.2, -0.15) is 18.4 Å². The Morgan fingerprint density at radius 2 is 1.74 bits per heavy atom. The van der Waals surface area contributed by atoms with Gasteiger partial charge >= 0.3 is 6.18 Å². The van der Waals surface area contributed by atoms with Gasteiger partial charge in [0.2, 0.25) is 0 Å². The van der Waals surface area contributed by atoms with Crippen LogP contribution in [0.4, 0.5) is 18.9 Å². The van der Waals surface area contributed by atoms with Gasteiger partial charge in [-0.1, -0.05) is 49.7 Å². The molecule has 1 atom stereocenters. The van der Waals surface area contributed by atoms with Gasteiger partial charge in [0, 0.05) is 22.7 Å². The van der Waals surface area contributed by atoms with E-state index in [0.717, 1.165) is 22.8 Å². The van der Waals surface area contributed by atoms with Gasteiger partial charge in [-0.15, -0.1) is 0 Å². The van der Waals surface area contributed by atoms with Gasteiger partial charge in [0.1, 0.15) is 18.2 Å². The molecule has 0 saturated carbocycles. The van der Waals surface area contributed by atoms with E-state index in [1.165, 1.54) is 23.1 Å². The van der Waals surface area contributed by atoms with Crippen molar-refractivity contribution in [2.75, 3.05) is 4.90 Å². The fourth-order valence-electron chi connectivity index (χ4n) is 6.08. The van der Waals surface area contributed by atoms with Crippen LogP contribution < -0.4 is 15.4 Å². The Bertz CT molecular complexity index is 1720. The van der Waals surface area contributed by atoms with E-state index in [1.807, 2.05) is 39.8 Å². The fraction of sp³-hybridized carbons (Fsp3) is 0.294. The van der Waals surface area contributed by atoms with E-state index >= 15 is 0 Å². The number of halogens is 4. The van der Waals surface area contributed by atoms with Crippen LogP contribution in [0.15, 0.2) is 83.3 Å². The molecule has 2 aliphatic rings. The molecule has 0 aromatic heterocycles. The zero-order valence-corrected chi connectivity index (χ0v) is 25.0. The molecule has 0 fully saturated rings. The second-order valence-electron chi connectivity index (χ2n) is 11.9. The number of para-hydroxylation sites is 1. The fourth-order valence-corrected chi connectivity index (χ4v) is 6.20. The smallest absolute Gasteiger partial charge is 0.418 e. The van der Waals surface area contributed by atoms with Crippen molar-refractivity contribution in [2.45, 2.75) is 59.2 Å². The number of hydrogen-bond donors (Lipinski definition) is 1. The lowest BCUT2D eigenvalue weighted by Crippen LogP contribution is -2.42. The molecule has 43 heavy (non-hydrogen) atoms. The first-order chi connectivity index (χ1) is 20.2. The number of carbonyl (C=O) groups is 1. The number of anilines is 1. The van der Waals surface area contributed by atoms with Crippen molar-refractivity contribution in [1.82, 2.24) is 0 Å². The molecule has 0 radical (unpaired) electrons. The number of alkyl halides is 3. The molecule has 2 N–H and O–H groups in total. The summed E-state index contributed by atoms with van der Waals surface area (Å²) in [5, 5.41) is 11.0. The minimum absolute atomic E-state index is 0.0281. The van der Waals surface area contributed by atoms with E-state index in [2.05, 4.69) is 6.07 Å². The van der Waals surface area contributed by atoms with Gasteiger partial charge in [0.25, 0.3) is 0 Å². The molecule has 1 heterocycles. The third-order valence-electron chi connectivity index (χ3n) is 8.07. The molecule has 5 nitrogen and oxygen atoms in total. The number of rotatable bonds is 5. The quantitative estimate of drug-likeness (QED) is 0.315. The summed E-state index contributed by atoms with van der Waals surface area (Å²) in [4.78, 5) is 15.2. The SMILES string of the molecule is Cc1cc(C)c(C2C(C#N)=C(N)N(c3ccccc3C(F)(F)F)C3=C2C(=O)CC(C)(C)C3)cc1COc1ccc(Cl)cc1. The molecular weight excluding hydrogens is 575 g/mol. The van der Waals surface area contributed by atoms with Crippen LogP contribution in [0.5, 0.6) is 5.75 Å². The summed E-state index contributed by atoms with van der Waals surface area (Å²) in [6, 6.07) is 18.1. The number of carbonyl (C=O) groups excluding carboxylic acids is 1. The summed E-state index contributed by atoms with van der Waals surface area (Å²) >= 11 is 6.00. The summed E-state index contributed by atoms with van der Waals surface area (Å²) in [6.45, 7) is 7.86. The molecule has 5 rings (SSSR count). The van der Waals surface area contributed by atoms with Crippen LogP contribution in [0.25, 0.3) is 0 Å². The van der Waals surface area contributed by atoms with Crippen molar-refractivity contribution in [3.63, 3.8) is 0 Å². The van der Waals surface area contributed by atoms with Crippen LogP contribution in [-0.4, -0.2) is 5.78 Å². The number of nitrogens with two attached hydrogens (primary N) is 1. The summed E-state index contributed by atoms with van der Waals surface area (Å²) in [6.07, 6.45) is -4.19. The van der Waals surface area contributed by atoms with Gasteiger partial charge in [-0.25, -0.2) is 0 Å². The predicted molar refractivity (Wildman–Crippen MR) is 160 cm³/mol. The Labute approximate surface area is 254 Å². The van der Waals surface area contributed by atoms with Gasteiger partial charge in [-0.3, -0.25) is 9.69 Å². The molecule has 222 valence electrons. The number of nitrogens with zero attached hydrogens (tertiary/aromatic N) is 2. The normalized spacial score (nSPS) is 18.4. The summed E-state index contributed by atoms with van der Waals surface area (Å²) < 4.78 is 48.6. The number of nitriles is 1. The molecular formula is C34H31ClF3N3O2. The largest absolute Gasteiger partial charge is 0.489 e. The van der Waals surface area contributed by atoms with Crippen LogP contribution in [0.2, 0.25) is 5.02 Å². The zero-order chi connectivity index (χ0) is 31.3. The van der Waals surface area contributed by atoms with Crippen molar-refractivity contribution in [3.05, 3.63) is 116 Å². The minimum Gasteiger partial charge on any atom is -0.489 e. The Morgan fingerprint density at radius 1 is 1.07 bits per heavy atom. The molecule has 0 bridgehead atoms. The second-order valence-corrected chi connectivity index (χ2v) is 12.3. The lowest BCUT2D eigenvalue weighted by atomic mass is 9.68. The number of benzene rings is 3. The van der Waals surface area contributed by atoms with Gasteiger partial charge in [0.05, 0.1) is 28.8 Å². The number of hydrogen-bond acceptors (Lipinski definition) is 5. The molecule has 0 saturated heterocycles. The first-order valence-electron chi connectivity index (χ1n) is 13.8. The van der Waals surface area contributed by atoms with Crippen LogP contribution in [0.1, 0.15) is 60.4 Å². The molecule has 0 amide bonds. The number of aryl methyl sites for hydroxylation is 2. The lowest BCUT2D eigenvalue weighted by molar-refractivity contribution is -0.137. The highest BCUT2D eigenvalue weighted by Gasteiger charge is 2.46. The third-order valence-corrected chi connectivity index (χ3v) is 8.33. The van der Waals surface area contributed by atoms with Crippen LogP contribution in [-0.2, 0) is 17.6 Å². The van der Waals surface area contributed by atoms with Crippen molar-refractivity contribution in [3.8, 4) is 11.8 Å². The summed E-state index contributed by atoms with van der Waals surface area (Å²) in [5.74, 6) is -0.552. The summed E-state index contributed by atoms with van der Waals surface area (Å²) in [5.41, 5.74) is 9.02. The maximum Gasteiger partial charge on any atom is 0.418 e.